The third kappa shape index (κ3) is 4.95. The van der Waals surface area contributed by atoms with E-state index >= 15 is 0 Å². The van der Waals surface area contributed by atoms with Crippen molar-refractivity contribution in [3.8, 4) is 6.07 Å². The number of carbonyl (C=O) groups is 1. The number of carbonyl (C=O) groups excluding carboxylic acids is 1. The van der Waals surface area contributed by atoms with E-state index in [0.29, 0.717) is 18.2 Å². The van der Waals surface area contributed by atoms with Gasteiger partial charge in [-0.2, -0.15) is 5.26 Å². The van der Waals surface area contributed by atoms with E-state index in [-0.39, 0.29) is 11.9 Å². The molecule has 1 aromatic carbocycles. The second-order valence-corrected chi connectivity index (χ2v) is 9.05. The smallest absolute Gasteiger partial charge is 0.250 e. The Morgan fingerprint density at radius 1 is 1.21 bits per heavy atom. The molecule has 1 aliphatic heterocycles. The Kier molecular flexibility index (Phi) is 7.43. The van der Waals surface area contributed by atoms with Crippen LogP contribution in [0.25, 0.3) is 0 Å². The molecule has 0 spiro atoms. The van der Waals surface area contributed by atoms with Crippen LogP contribution in [0.3, 0.4) is 0 Å². The second-order valence-electron chi connectivity index (χ2n) is 9.05. The molecule has 1 aromatic heterocycles. The van der Waals surface area contributed by atoms with Crippen LogP contribution in [-0.2, 0) is 11.3 Å². The van der Waals surface area contributed by atoms with Crippen molar-refractivity contribution in [1.82, 2.24) is 9.97 Å². The molecule has 2 aromatic rings. The van der Waals surface area contributed by atoms with Gasteiger partial charge in [0, 0.05) is 12.6 Å². The maximum absolute atomic E-state index is 13.7. The molecular weight excluding hydrogens is 412 g/mol. The monoisotopic (exact) mass is 446 g/mol. The second kappa shape index (κ2) is 10.7. The van der Waals surface area contributed by atoms with Crippen molar-refractivity contribution in [2.75, 3.05) is 21.7 Å². The van der Waals surface area contributed by atoms with Crippen molar-refractivity contribution >= 4 is 23.2 Å². The molecule has 7 nitrogen and oxygen atoms in total. The quantitative estimate of drug-likeness (QED) is 0.612. The lowest BCUT2D eigenvalue weighted by atomic mass is 9.94. The van der Waals surface area contributed by atoms with E-state index in [1.165, 1.54) is 19.3 Å². The van der Waals surface area contributed by atoms with E-state index in [4.69, 9.17) is 4.98 Å². The maximum atomic E-state index is 13.7. The van der Waals surface area contributed by atoms with Crippen molar-refractivity contribution in [1.29, 1.82) is 5.26 Å². The SMILES string of the molecule is CCCC[C@@H]1Nc2ncnc(N(CC)C3CCCCC3)c2N(Cc2cccc(C#N)c2)C1=O. The van der Waals surface area contributed by atoms with Gasteiger partial charge in [-0.15, -0.1) is 0 Å². The number of rotatable bonds is 8. The number of hydrogen-bond acceptors (Lipinski definition) is 6. The molecule has 2 heterocycles. The zero-order chi connectivity index (χ0) is 23.2. The Hall–Kier alpha value is -3.14. The van der Waals surface area contributed by atoms with Crippen LogP contribution < -0.4 is 15.1 Å². The normalized spacial score (nSPS) is 18.4. The topological polar surface area (TPSA) is 85.2 Å². The highest BCUT2D eigenvalue weighted by molar-refractivity contribution is 6.06. The summed E-state index contributed by atoms with van der Waals surface area (Å²) in [6.45, 7) is 5.52. The molecule has 1 atom stereocenters. The lowest BCUT2D eigenvalue weighted by Gasteiger charge is -2.40. The van der Waals surface area contributed by atoms with E-state index in [0.717, 1.165) is 61.5 Å². The van der Waals surface area contributed by atoms with Gasteiger partial charge < -0.3 is 10.2 Å². The molecule has 0 unspecified atom stereocenters. The van der Waals surface area contributed by atoms with E-state index < -0.39 is 0 Å². The molecule has 1 aliphatic carbocycles. The fourth-order valence-electron chi connectivity index (χ4n) is 5.12. The summed E-state index contributed by atoms with van der Waals surface area (Å²) in [7, 11) is 0. The first kappa shape index (κ1) is 23.0. The van der Waals surface area contributed by atoms with Gasteiger partial charge in [0.2, 0.25) is 5.91 Å². The van der Waals surface area contributed by atoms with Gasteiger partial charge in [0.1, 0.15) is 18.1 Å². The largest absolute Gasteiger partial charge is 0.356 e. The molecule has 174 valence electrons. The minimum absolute atomic E-state index is 0.0501. The molecule has 0 bridgehead atoms. The minimum Gasteiger partial charge on any atom is -0.356 e. The van der Waals surface area contributed by atoms with E-state index in [2.05, 4.69) is 35.1 Å². The lowest BCUT2D eigenvalue weighted by molar-refractivity contribution is -0.119. The summed E-state index contributed by atoms with van der Waals surface area (Å²) in [6.07, 6.45) is 10.4. The molecule has 2 aliphatic rings. The molecule has 1 N–H and O–H groups in total. The third-order valence-electron chi connectivity index (χ3n) is 6.82. The Balaban J connectivity index is 1.76. The standard InChI is InChI=1S/C26H34N6O/c1-3-5-14-22-26(33)32(17-20-11-9-10-19(15-20)16-27)23-24(30-22)28-18-29-25(23)31(4-2)21-12-7-6-8-13-21/h9-11,15,18,21-22H,3-8,12-14,17H2,1-2H3,(H,28,29,30)/t22-/m0/s1. The van der Waals surface area contributed by atoms with Gasteiger partial charge in [0.05, 0.1) is 18.2 Å². The number of nitrogens with one attached hydrogen (secondary N) is 1. The third-order valence-corrected chi connectivity index (χ3v) is 6.82. The van der Waals surface area contributed by atoms with Gasteiger partial charge in [-0.25, -0.2) is 9.97 Å². The summed E-state index contributed by atoms with van der Waals surface area (Å²) in [5, 5.41) is 12.8. The zero-order valence-corrected chi connectivity index (χ0v) is 19.8. The summed E-state index contributed by atoms with van der Waals surface area (Å²) in [4.78, 5) is 27.2. The molecule has 4 rings (SSSR count). The number of benzene rings is 1. The van der Waals surface area contributed by atoms with Gasteiger partial charge in [-0.1, -0.05) is 51.2 Å². The number of nitrogens with zero attached hydrogens (tertiary/aromatic N) is 5. The molecule has 0 radical (unpaired) electrons. The van der Waals surface area contributed by atoms with Crippen LogP contribution >= 0.6 is 0 Å². The van der Waals surface area contributed by atoms with Gasteiger partial charge >= 0.3 is 0 Å². The van der Waals surface area contributed by atoms with Gasteiger partial charge in [0.15, 0.2) is 11.6 Å². The lowest BCUT2D eigenvalue weighted by Crippen LogP contribution is -2.48. The molecule has 1 fully saturated rings. The highest BCUT2D eigenvalue weighted by atomic mass is 16.2. The van der Waals surface area contributed by atoms with Crippen LogP contribution in [0, 0.1) is 11.3 Å². The fraction of sp³-hybridized carbons (Fsp3) is 0.538. The highest BCUT2D eigenvalue weighted by Gasteiger charge is 2.37. The summed E-state index contributed by atoms with van der Waals surface area (Å²) in [5.41, 5.74) is 2.30. The van der Waals surface area contributed by atoms with Crippen LogP contribution in [0.15, 0.2) is 30.6 Å². The predicted molar refractivity (Wildman–Crippen MR) is 131 cm³/mol. The van der Waals surface area contributed by atoms with Crippen molar-refractivity contribution in [3.63, 3.8) is 0 Å². The first-order valence-corrected chi connectivity index (χ1v) is 12.3. The first-order valence-electron chi connectivity index (χ1n) is 12.3. The summed E-state index contributed by atoms with van der Waals surface area (Å²) in [5.74, 6) is 1.61. The number of fused-ring (bicyclic) bond motifs is 1. The maximum Gasteiger partial charge on any atom is 0.250 e. The number of unbranched alkanes of at least 4 members (excludes halogenated alkanes) is 1. The summed E-state index contributed by atoms with van der Waals surface area (Å²) >= 11 is 0. The number of hydrogen-bond donors (Lipinski definition) is 1. The first-order chi connectivity index (χ1) is 16.2. The van der Waals surface area contributed by atoms with Crippen LogP contribution in [0.2, 0.25) is 0 Å². The molecular formula is C26H34N6O. The van der Waals surface area contributed by atoms with Crippen molar-refractivity contribution in [2.45, 2.75) is 83.8 Å². The van der Waals surface area contributed by atoms with Gasteiger partial charge in [-0.3, -0.25) is 9.69 Å². The van der Waals surface area contributed by atoms with Crippen LogP contribution in [0.4, 0.5) is 17.3 Å². The van der Waals surface area contributed by atoms with Crippen molar-refractivity contribution < 1.29 is 4.79 Å². The molecule has 0 saturated heterocycles. The van der Waals surface area contributed by atoms with Crippen molar-refractivity contribution in [2.24, 2.45) is 0 Å². The average molecular weight is 447 g/mol. The predicted octanol–water partition coefficient (Wildman–Crippen LogP) is 5.02. The molecule has 33 heavy (non-hydrogen) atoms. The Labute approximate surface area is 196 Å². The molecule has 1 saturated carbocycles. The molecule has 7 heteroatoms. The van der Waals surface area contributed by atoms with E-state index in [1.807, 2.05) is 23.1 Å². The van der Waals surface area contributed by atoms with Gasteiger partial charge in [0.25, 0.3) is 0 Å². The average Bonchev–Trinajstić information content (AvgIpc) is 2.86. The number of nitriles is 1. The highest BCUT2D eigenvalue weighted by Crippen LogP contribution is 2.40. The fourth-order valence-corrected chi connectivity index (χ4v) is 5.12. The summed E-state index contributed by atoms with van der Waals surface area (Å²) < 4.78 is 0. The summed E-state index contributed by atoms with van der Waals surface area (Å²) in [6, 6.07) is 9.83. The zero-order valence-electron chi connectivity index (χ0n) is 19.8. The van der Waals surface area contributed by atoms with E-state index in [9.17, 15) is 10.1 Å². The Morgan fingerprint density at radius 2 is 2.03 bits per heavy atom. The number of anilines is 3. The Bertz CT molecular complexity index is 1010. The number of aromatic nitrogens is 2. The Morgan fingerprint density at radius 3 is 2.76 bits per heavy atom. The van der Waals surface area contributed by atoms with Crippen LogP contribution in [0.1, 0.15) is 76.3 Å². The van der Waals surface area contributed by atoms with Crippen LogP contribution in [0.5, 0.6) is 0 Å². The van der Waals surface area contributed by atoms with E-state index in [1.54, 1.807) is 12.4 Å². The van der Waals surface area contributed by atoms with Gasteiger partial charge in [-0.05, 0) is 43.9 Å². The molecule has 1 amide bonds. The number of amides is 1. The minimum atomic E-state index is -0.302. The van der Waals surface area contributed by atoms with Crippen LogP contribution in [-0.4, -0.2) is 34.5 Å². The van der Waals surface area contributed by atoms with Crippen molar-refractivity contribution in [3.05, 3.63) is 41.7 Å².